The predicted molar refractivity (Wildman–Crippen MR) is 71.3 cm³/mol. The van der Waals surface area contributed by atoms with Crippen LogP contribution in [0.5, 0.6) is 0 Å². The molecule has 98 valence electrons. The van der Waals surface area contributed by atoms with Crippen molar-refractivity contribution >= 4 is 24.6 Å². The Morgan fingerprint density at radius 2 is 1.89 bits per heavy atom. The van der Waals surface area contributed by atoms with E-state index in [9.17, 15) is 9.59 Å². The van der Waals surface area contributed by atoms with Crippen molar-refractivity contribution < 1.29 is 19.8 Å². The number of rotatable bonds is 7. The Balaban J connectivity index is 2.86. The molecule has 0 amide bonds. The van der Waals surface area contributed by atoms with Gasteiger partial charge in [-0.1, -0.05) is 18.2 Å². The number of hydrogen-bond donors (Lipinski definition) is 3. The van der Waals surface area contributed by atoms with Gasteiger partial charge in [0, 0.05) is 0 Å². The van der Waals surface area contributed by atoms with E-state index in [-0.39, 0.29) is 12.0 Å². The fourth-order valence-electron chi connectivity index (χ4n) is 1.82. The summed E-state index contributed by atoms with van der Waals surface area (Å²) in [5, 5.41) is 18.2. The summed E-state index contributed by atoms with van der Waals surface area (Å²) in [5.74, 6) is -1.84. The van der Waals surface area contributed by atoms with Crippen LogP contribution in [-0.2, 0) is 11.2 Å². The van der Waals surface area contributed by atoms with Crippen molar-refractivity contribution in [3.63, 3.8) is 0 Å². The van der Waals surface area contributed by atoms with Crippen LogP contribution in [0.1, 0.15) is 28.8 Å². The van der Waals surface area contributed by atoms with E-state index in [1.807, 2.05) is 0 Å². The number of aliphatic carboxylic acids is 1. The second-order valence-corrected chi connectivity index (χ2v) is 4.51. The van der Waals surface area contributed by atoms with E-state index in [4.69, 9.17) is 10.2 Å². The van der Waals surface area contributed by atoms with Gasteiger partial charge in [-0.25, -0.2) is 4.79 Å². The normalized spacial score (nSPS) is 12.1. The minimum Gasteiger partial charge on any atom is -0.481 e. The molecule has 0 radical (unpaired) electrons. The lowest BCUT2D eigenvalue weighted by Crippen LogP contribution is -2.18. The van der Waals surface area contributed by atoms with Crippen LogP contribution in [-0.4, -0.2) is 27.9 Å². The van der Waals surface area contributed by atoms with Gasteiger partial charge in [-0.15, -0.1) is 0 Å². The Bertz CT molecular complexity index is 431. The quantitative estimate of drug-likeness (QED) is 0.663. The number of thiol groups is 1. The lowest BCUT2D eigenvalue weighted by Gasteiger charge is -2.13. The van der Waals surface area contributed by atoms with E-state index in [1.165, 1.54) is 6.07 Å². The number of carbonyl (C=O) groups is 2. The molecule has 1 rings (SSSR count). The highest BCUT2D eigenvalue weighted by atomic mass is 32.1. The lowest BCUT2D eigenvalue weighted by molar-refractivity contribution is -0.141. The fourth-order valence-corrected chi connectivity index (χ4v) is 2.01. The summed E-state index contributed by atoms with van der Waals surface area (Å²) < 4.78 is 0. The van der Waals surface area contributed by atoms with Crippen molar-refractivity contribution in [2.24, 2.45) is 5.92 Å². The molecule has 0 unspecified atom stereocenters. The Morgan fingerprint density at radius 1 is 1.22 bits per heavy atom. The first-order valence-electron chi connectivity index (χ1n) is 5.71. The Morgan fingerprint density at radius 3 is 2.44 bits per heavy atom. The van der Waals surface area contributed by atoms with Crippen LogP contribution in [0.2, 0.25) is 0 Å². The van der Waals surface area contributed by atoms with Crippen molar-refractivity contribution in [3.05, 3.63) is 35.4 Å². The summed E-state index contributed by atoms with van der Waals surface area (Å²) in [7, 11) is 0. The zero-order valence-corrected chi connectivity index (χ0v) is 10.8. The highest BCUT2D eigenvalue weighted by Gasteiger charge is 2.20. The van der Waals surface area contributed by atoms with Crippen molar-refractivity contribution in [1.82, 2.24) is 0 Å². The number of aromatic carboxylic acids is 1. The van der Waals surface area contributed by atoms with Crippen LogP contribution in [0.4, 0.5) is 0 Å². The van der Waals surface area contributed by atoms with Gasteiger partial charge in [0.25, 0.3) is 0 Å². The average molecular weight is 268 g/mol. The highest BCUT2D eigenvalue weighted by molar-refractivity contribution is 7.80. The fraction of sp³-hybridized carbons (Fsp3) is 0.385. The van der Waals surface area contributed by atoms with Crippen molar-refractivity contribution in [2.45, 2.75) is 19.3 Å². The minimum atomic E-state index is -1.02. The van der Waals surface area contributed by atoms with Gasteiger partial charge < -0.3 is 10.2 Å². The standard InChI is InChI=1S/C13H16O4S/c14-12(15)10(5-3-7-18)8-9-4-1-2-6-11(9)13(16)17/h1-2,4,6,10,18H,3,5,7-8H2,(H,14,15)(H,16,17)/t10-/m0/s1. The molecule has 18 heavy (non-hydrogen) atoms. The third-order valence-electron chi connectivity index (χ3n) is 2.77. The minimum absolute atomic E-state index is 0.176. The van der Waals surface area contributed by atoms with Crippen LogP contribution in [0.15, 0.2) is 24.3 Å². The van der Waals surface area contributed by atoms with Crippen molar-refractivity contribution in [2.75, 3.05) is 5.75 Å². The summed E-state index contributed by atoms with van der Waals surface area (Å²) in [6, 6.07) is 6.52. The molecule has 4 nitrogen and oxygen atoms in total. The molecule has 0 heterocycles. The van der Waals surface area contributed by atoms with E-state index < -0.39 is 17.9 Å². The van der Waals surface area contributed by atoms with Crippen LogP contribution in [0, 0.1) is 5.92 Å². The zero-order chi connectivity index (χ0) is 13.5. The maximum Gasteiger partial charge on any atom is 0.335 e. The highest BCUT2D eigenvalue weighted by Crippen LogP contribution is 2.18. The predicted octanol–water partition coefficient (Wildman–Crippen LogP) is 2.34. The monoisotopic (exact) mass is 268 g/mol. The first-order valence-corrected chi connectivity index (χ1v) is 6.34. The SMILES string of the molecule is O=C(O)c1ccccc1C[C@H](CCCS)C(=O)O. The third-order valence-corrected chi connectivity index (χ3v) is 3.09. The number of benzene rings is 1. The first-order chi connectivity index (χ1) is 8.56. The molecule has 0 aliphatic rings. The number of hydrogen-bond acceptors (Lipinski definition) is 3. The van der Waals surface area contributed by atoms with Crippen LogP contribution >= 0.6 is 12.6 Å². The van der Waals surface area contributed by atoms with E-state index in [2.05, 4.69) is 12.6 Å². The van der Waals surface area contributed by atoms with E-state index >= 15 is 0 Å². The van der Waals surface area contributed by atoms with E-state index in [0.29, 0.717) is 24.2 Å². The van der Waals surface area contributed by atoms with Crippen LogP contribution in [0.25, 0.3) is 0 Å². The molecule has 0 bridgehead atoms. The second kappa shape index (κ2) is 7.06. The van der Waals surface area contributed by atoms with Crippen molar-refractivity contribution in [3.8, 4) is 0 Å². The topological polar surface area (TPSA) is 74.6 Å². The molecule has 0 aromatic heterocycles. The van der Waals surface area contributed by atoms with Crippen LogP contribution < -0.4 is 0 Å². The molecule has 0 aliphatic carbocycles. The Labute approximate surface area is 111 Å². The molecule has 0 fully saturated rings. The molecular weight excluding hydrogens is 252 g/mol. The lowest BCUT2D eigenvalue weighted by atomic mass is 9.92. The zero-order valence-electron chi connectivity index (χ0n) is 9.87. The van der Waals surface area contributed by atoms with Gasteiger partial charge in [0.15, 0.2) is 0 Å². The van der Waals surface area contributed by atoms with Gasteiger partial charge in [-0.05, 0) is 36.6 Å². The van der Waals surface area contributed by atoms with Gasteiger partial charge >= 0.3 is 11.9 Å². The molecular formula is C13H16O4S. The summed E-state index contributed by atoms with van der Waals surface area (Å²) in [4.78, 5) is 22.1. The summed E-state index contributed by atoms with van der Waals surface area (Å²) in [5.41, 5.74) is 0.742. The average Bonchev–Trinajstić information content (AvgIpc) is 2.34. The smallest absolute Gasteiger partial charge is 0.335 e. The van der Waals surface area contributed by atoms with Gasteiger partial charge in [0.2, 0.25) is 0 Å². The van der Waals surface area contributed by atoms with Crippen molar-refractivity contribution in [1.29, 1.82) is 0 Å². The van der Waals surface area contributed by atoms with Gasteiger partial charge in [0.1, 0.15) is 0 Å². The van der Waals surface area contributed by atoms with Crippen LogP contribution in [0.3, 0.4) is 0 Å². The molecule has 0 saturated carbocycles. The molecule has 2 N–H and O–H groups in total. The van der Waals surface area contributed by atoms with Gasteiger partial charge in [-0.3, -0.25) is 4.79 Å². The maximum absolute atomic E-state index is 11.1. The molecule has 0 spiro atoms. The number of carboxylic acid groups (broad SMARTS) is 2. The molecule has 5 heteroatoms. The van der Waals surface area contributed by atoms with E-state index in [0.717, 1.165) is 0 Å². The second-order valence-electron chi connectivity index (χ2n) is 4.07. The number of carboxylic acids is 2. The summed E-state index contributed by atoms with van der Waals surface area (Å²) in [6.07, 6.45) is 1.45. The molecule has 0 aliphatic heterocycles. The van der Waals surface area contributed by atoms with E-state index in [1.54, 1.807) is 18.2 Å². The molecule has 1 atom stereocenters. The largest absolute Gasteiger partial charge is 0.481 e. The molecule has 1 aromatic rings. The van der Waals surface area contributed by atoms with Gasteiger partial charge in [0.05, 0.1) is 11.5 Å². The molecule has 1 aromatic carbocycles. The Hall–Kier alpha value is -1.49. The Kier molecular flexibility index (Phi) is 5.71. The third kappa shape index (κ3) is 4.07. The first kappa shape index (κ1) is 14.6. The summed E-state index contributed by atoms with van der Waals surface area (Å²) in [6.45, 7) is 0. The maximum atomic E-state index is 11.1. The van der Waals surface area contributed by atoms with Gasteiger partial charge in [-0.2, -0.15) is 12.6 Å². The molecule has 0 saturated heterocycles. The summed E-state index contributed by atoms with van der Waals surface area (Å²) >= 11 is 4.06.